The van der Waals surface area contributed by atoms with E-state index in [2.05, 4.69) is 16.9 Å². The summed E-state index contributed by atoms with van der Waals surface area (Å²) in [7, 11) is 3.53. The molecule has 3 rings (SSSR count). The first-order valence-electron chi connectivity index (χ1n) is 9.02. The van der Waals surface area contributed by atoms with Gasteiger partial charge < -0.3 is 4.90 Å². The molecule has 27 heavy (non-hydrogen) atoms. The van der Waals surface area contributed by atoms with E-state index < -0.39 is 0 Å². The third-order valence-corrected chi connectivity index (χ3v) is 5.82. The van der Waals surface area contributed by atoms with Crippen LogP contribution in [0.15, 0.2) is 17.3 Å². The molecule has 0 radical (unpaired) electrons. The fraction of sp³-hybridized carbons (Fsp3) is 0.500. The summed E-state index contributed by atoms with van der Waals surface area (Å²) >= 11 is 1.26. The molecule has 3 aromatic rings. The number of thiophene rings is 1. The minimum Gasteiger partial charge on any atom is -0.371 e. The lowest BCUT2D eigenvalue weighted by Gasteiger charge is -2.14. The topological polar surface area (TPSA) is 91.3 Å². The smallest absolute Gasteiger partial charge is 0.358 e. The van der Waals surface area contributed by atoms with E-state index in [1.807, 2.05) is 6.92 Å². The predicted octanol–water partition coefficient (Wildman–Crippen LogP) is 4.01. The van der Waals surface area contributed by atoms with Gasteiger partial charge in [-0.3, -0.25) is 9.36 Å². The van der Waals surface area contributed by atoms with Crippen LogP contribution in [-0.4, -0.2) is 38.8 Å². The molecule has 1 N–H and O–H groups in total. The number of hydrogen-bond donors (Lipinski definition) is 1. The second-order valence-corrected chi connectivity index (χ2v) is 7.92. The van der Waals surface area contributed by atoms with E-state index in [1.165, 1.54) is 17.5 Å². The zero-order valence-electron chi connectivity index (χ0n) is 16.0. The fourth-order valence-electron chi connectivity index (χ4n) is 3.32. The van der Waals surface area contributed by atoms with Gasteiger partial charge in [0.25, 0.3) is 10.5 Å². The summed E-state index contributed by atoms with van der Waals surface area (Å²) in [4.78, 5) is 35.5. The highest BCUT2D eigenvalue weighted by molar-refractivity contribution is 7.25. The van der Waals surface area contributed by atoms with Crippen LogP contribution in [0, 0.1) is 4.91 Å². The minimum atomic E-state index is -0.206. The monoisotopic (exact) mass is 390 g/mol. The number of nitrogens with zero attached hydrogens (tertiary/aromatic N) is 5. The Balaban J connectivity index is 2.21. The summed E-state index contributed by atoms with van der Waals surface area (Å²) in [5, 5.41) is 10.0. The molecule has 8 nitrogen and oxygen atoms in total. The number of unbranched alkanes of at least 4 members (excludes halogenated alkanes) is 2. The van der Waals surface area contributed by atoms with Gasteiger partial charge in [0, 0.05) is 20.1 Å². The third-order valence-electron chi connectivity index (χ3n) is 4.74. The molecule has 1 atom stereocenters. The van der Waals surface area contributed by atoms with Gasteiger partial charge in [0.15, 0.2) is 0 Å². The molecule has 0 aliphatic carbocycles. The van der Waals surface area contributed by atoms with Gasteiger partial charge >= 0.3 is 5.69 Å². The average Bonchev–Trinajstić information content (AvgIpc) is 3.00. The average molecular weight is 390 g/mol. The van der Waals surface area contributed by atoms with Crippen molar-refractivity contribution in [2.24, 2.45) is 0 Å². The van der Waals surface area contributed by atoms with Crippen molar-refractivity contribution in [2.75, 3.05) is 19.0 Å². The van der Waals surface area contributed by atoms with E-state index >= 15 is 0 Å². The highest BCUT2D eigenvalue weighted by atomic mass is 32.1. The van der Waals surface area contributed by atoms with Crippen molar-refractivity contribution in [2.45, 2.75) is 45.6 Å². The number of rotatable bonds is 7. The molecule has 0 amide bonds. The maximum Gasteiger partial charge on any atom is 0.358 e. The Kier molecular flexibility index (Phi) is 5.41. The molecular formula is C18H24N5O3S+. The molecule has 0 saturated heterocycles. The Morgan fingerprint density at radius 2 is 2.07 bits per heavy atom. The van der Waals surface area contributed by atoms with Crippen LogP contribution >= 0.6 is 11.3 Å². The molecule has 0 aliphatic heterocycles. The van der Waals surface area contributed by atoms with Gasteiger partial charge in [-0.15, -0.1) is 11.3 Å². The van der Waals surface area contributed by atoms with Gasteiger partial charge in [0.1, 0.15) is 26.9 Å². The maximum absolute atomic E-state index is 13.0. The second-order valence-electron chi connectivity index (χ2n) is 6.92. The summed E-state index contributed by atoms with van der Waals surface area (Å²) in [6, 6.07) is 0.0672. The Labute approximate surface area is 160 Å². The van der Waals surface area contributed by atoms with E-state index in [0.29, 0.717) is 26.1 Å². The highest BCUT2D eigenvalue weighted by Gasteiger charge is 2.28. The molecule has 0 fully saturated rings. The van der Waals surface area contributed by atoms with Crippen molar-refractivity contribution in [3.63, 3.8) is 0 Å². The van der Waals surface area contributed by atoms with Crippen LogP contribution in [-0.2, 0) is 0 Å². The number of aromatic nitrogens is 3. The van der Waals surface area contributed by atoms with E-state index in [4.69, 9.17) is 0 Å². The summed E-state index contributed by atoms with van der Waals surface area (Å²) in [5.74, 6) is 0. The van der Waals surface area contributed by atoms with Gasteiger partial charge in [-0.05, 0) is 13.3 Å². The molecule has 1 unspecified atom stereocenters. The zero-order chi connectivity index (χ0) is 19.7. The number of anilines is 1. The normalized spacial score (nSPS) is 12.6. The Hall–Kier alpha value is -2.55. The van der Waals surface area contributed by atoms with Crippen molar-refractivity contribution in [3.05, 3.63) is 27.8 Å². The lowest BCUT2D eigenvalue weighted by molar-refractivity contribution is -0.729. The molecular weight excluding hydrogens is 366 g/mol. The number of pyridine rings is 1. The molecule has 0 aromatic carbocycles. The van der Waals surface area contributed by atoms with E-state index in [0.717, 1.165) is 25.7 Å². The second kappa shape index (κ2) is 7.59. The Morgan fingerprint density at radius 3 is 2.70 bits per heavy atom. The van der Waals surface area contributed by atoms with Crippen LogP contribution in [0.1, 0.15) is 45.6 Å². The van der Waals surface area contributed by atoms with Gasteiger partial charge in [0.2, 0.25) is 0 Å². The van der Waals surface area contributed by atoms with Crippen molar-refractivity contribution in [1.82, 2.24) is 14.5 Å². The first-order valence-corrected chi connectivity index (χ1v) is 9.84. The lowest BCUT2D eigenvalue weighted by Crippen LogP contribution is -2.23. The number of fused-ring (bicyclic) bond motifs is 3. The van der Waals surface area contributed by atoms with Gasteiger partial charge in [-0.2, -0.15) is 0 Å². The molecule has 0 bridgehead atoms. The first kappa shape index (κ1) is 19.2. The molecule has 3 aromatic heterocycles. The molecule has 0 saturated carbocycles. The minimum absolute atomic E-state index is 0.0195. The van der Waals surface area contributed by atoms with E-state index in [9.17, 15) is 14.9 Å². The van der Waals surface area contributed by atoms with Crippen LogP contribution < -0.4 is 10.5 Å². The number of hydrogen-bond acceptors (Lipinski definition) is 6. The van der Waals surface area contributed by atoms with Crippen molar-refractivity contribution < 1.29 is 10.1 Å². The standard InChI is InChI=1S/C18H24N5O3S/c1-5-6-7-8-11(2)22-10-20-14-13-15(21(3)4)12(23(25)26)9-19-17(13)27-16(14)18(22)24/h9-11H,5-8H2,1-4H3,(H,25,26)/q+1. The lowest BCUT2D eigenvalue weighted by atomic mass is 10.1. The molecule has 3 heterocycles. The van der Waals surface area contributed by atoms with Crippen LogP contribution in [0.3, 0.4) is 0 Å². The van der Waals surface area contributed by atoms with Gasteiger partial charge in [-0.25, -0.2) is 15.2 Å². The van der Waals surface area contributed by atoms with Crippen molar-refractivity contribution in [3.8, 4) is 0 Å². The van der Waals surface area contributed by atoms with Gasteiger partial charge in [-0.1, -0.05) is 26.2 Å². The molecule has 0 spiro atoms. The summed E-state index contributed by atoms with van der Waals surface area (Å²) in [6.07, 6.45) is 7.16. The summed E-state index contributed by atoms with van der Waals surface area (Å²) in [6.45, 7) is 4.18. The zero-order valence-corrected chi connectivity index (χ0v) is 16.8. The SMILES string of the molecule is CCCCCC(C)n1cnc2c(sc3ncc([N+](=O)O)c(N(C)C)c32)c1=O. The highest BCUT2D eigenvalue weighted by Crippen LogP contribution is 2.40. The Morgan fingerprint density at radius 1 is 1.33 bits per heavy atom. The molecule has 9 heteroatoms. The fourth-order valence-corrected chi connectivity index (χ4v) is 4.36. The van der Waals surface area contributed by atoms with Crippen LogP contribution in [0.4, 0.5) is 11.4 Å². The third kappa shape index (κ3) is 3.39. The van der Waals surface area contributed by atoms with E-state index in [-0.39, 0.29) is 22.2 Å². The van der Waals surface area contributed by atoms with Crippen molar-refractivity contribution in [1.29, 1.82) is 0 Å². The van der Waals surface area contributed by atoms with Crippen LogP contribution in [0.2, 0.25) is 0 Å². The van der Waals surface area contributed by atoms with Crippen molar-refractivity contribution >= 4 is 43.1 Å². The summed E-state index contributed by atoms with van der Waals surface area (Å²) in [5.41, 5.74) is 0.925. The van der Waals surface area contributed by atoms with Crippen LogP contribution in [0.25, 0.3) is 20.4 Å². The Bertz CT molecular complexity index is 1060. The van der Waals surface area contributed by atoms with Crippen LogP contribution in [0.5, 0.6) is 0 Å². The largest absolute Gasteiger partial charge is 0.371 e. The predicted molar refractivity (Wildman–Crippen MR) is 107 cm³/mol. The quantitative estimate of drug-likeness (QED) is 0.484. The summed E-state index contributed by atoms with van der Waals surface area (Å²) < 4.78 is 2.19. The first-order chi connectivity index (χ1) is 12.9. The van der Waals surface area contributed by atoms with Gasteiger partial charge in [0.05, 0.1) is 16.6 Å². The maximum atomic E-state index is 13.0. The molecule has 144 valence electrons. The van der Waals surface area contributed by atoms with E-state index in [1.54, 1.807) is 29.9 Å². The molecule has 0 aliphatic rings.